The molecule has 0 unspecified atom stereocenters. The molecule has 0 aliphatic carbocycles. The van der Waals surface area contributed by atoms with E-state index in [1.54, 1.807) is 0 Å². The first-order valence-corrected chi connectivity index (χ1v) is 3.78. The summed E-state index contributed by atoms with van der Waals surface area (Å²) < 4.78 is 6.46. The molecule has 2 nitrogen and oxygen atoms in total. The van der Waals surface area contributed by atoms with E-state index in [2.05, 4.69) is 27.7 Å². The van der Waals surface area contributed by atoms with Crippen LogP contribution in [0.1, 0.15) is 6.92 Å². The van der Waals surface area contributed by atoms with E-state index in [1.165, 1.54) is 4.50 Å². The topological polar surface area (TPSA) is 12.5 Å². The predicted octanol–water partition coefficient (Wildman–Crippen LogP) is 0.0152. The van der Waals surface area contributed by atoms with Gasteiger partial charge in [-0.1, -0.05) is 0 Å². The number of hydrogen-bond acceptors (Lipinski definition) is 2. The molecule has 0 atom stereocenters. The van der Waals surface area contributed by atoms with Crippen molar-refractivity contribution in [3.63, 3.8) is 0 Å². The molecule has 1 aliphatic heterocycles. The molecule has 1 fully saturated rings. The fraction of sp³-hybridized carbons (Fsp3) is 0.833. The normalized spacial score (nSPS) is 21.9. The van der Waals surface area contributed by atoms with Crippen LogP contribution in [0.2, 0.25) is 0 Å². The van der Waals surface area contributed by atoms with Gasteiger partial charge >= 0.3 is 63.2 Å². The van der Waals surface area contributed by atoms with Crippen molar-refractivity contribution in [3.05, 3.63) is 0 Å². The summed E-state index contributed by atoms with van der Waals surface area (Å²) >= 11 is 3.00. The van der Waals surface area contributed by atoms with Crippen LogP contribution >= 0.6 is 0 Å². The third-order valence-corrected chi connectivity index (χ3v) is 1.86. The molecule has 0 aromatic carbocycles. The molecule has 3 heteroatoms. The second kappa shape index (κ2) is 3.48. The van der Waals surface area contributed by atoms with Crippen LogP contribution in [0.3, 0.4) is 0 Å². The van der Waals surface area contributed by atoms with Crippen molar-refractivity contribution in [1.82, 2.24) is 4.90 Å². The molecule has 1 aliphatic rings. The second-order valence-corrected chi connectivity index (χ2v) is 3.04. The summed E-state index contributed by atoms with van der Waals surface area (Å²) in [5.41, 5.74) is 0. The van der Waals surface area contributed by atoms with Gasteiger partial charge in [-0.3, -0.25) is 0 Å². The molecular formula is C6H11CrNO. The quantitative estimate of drug-likeness (QED) is 0.543. The molecule has 1 heterocycles. The van der Waals surface area contributed by atoms with Gasteiger partial charge in [-0.2, -0.15) is 0 Å². The standard InChI is InChI=1S/C6H11NO.Cr/c1-2-7-3-5-8-6-4-7;/h3-6H2,1H3;. The van der Waals surface area contributed by atoms with Gasteiger partial charge in [0.15, 0.2) is 0 Å². The van der Waals surface area contributed by atoms with E-state index in [0.717, 1.165) is 26.3 Å². The van der Waals surface area contributed by atoms with Crippen molar-refractivity contribution in [2.24, 2.45) is 0 Å². The Labute approximate surface area is 63.8 Å². The van der Waals surface area contributed by atoms with Gasteiger partial charge in [0, 0.05) is 0 Å². The second-order valence-electron chi connectivity index (χ2n) is 2.12. The molecule has 0 aromatic rings. The van der Waals surface area contributed by atoms with Crippen molar-refractivity contribution >= 4 is 4.50 Å². The molecule has 0 amide bonds. The van der Waals surface area contributed by atoms with Crippen molar-refractivity contribution in [2.75, 3.05) is 26.3 Å². The van der Waals surface area contributed by atoms with E-state index in [1.807, 2.05) is 0 Å². The van der Waals surface area contributed by atoms with Gasteiger partial charge in [-0.05, 0) is 0 Å². The van der Waals surface area contributed by atoms with Crippen molar-refractivity contribution < 1.29 is 20.6 Å². The van der Waals surface area contributed by atoms with E-state index >= 15 is 0 Å². The third kappa shape index (κ3) is 2.19. The van der Waals surface area contributed by atoms with Crippen molar-refractivity contribution in [2.45, 2.75) is 6.92 Å². The zero-order valence-corrected chi connectivity index (χ0v) is 6.87. The van der Waals surface area contributed by atoms with Crippen LogP contribution in [-0.4, -0.2) is 35.7 Å². The minimum atomic E-state index is 0.874. The first-order valence-electron chi connectivity index (χ1n) is 3.14. The molecule has 9 heavy (non-hydrogen) atoms. The number of nitrogens with zero attached hydrogens (tertiary/aromatic N) is 1. The molecule has 0 aromatic heterocycles. The van der Waals surface area contributed by atoms with E-state index in [9.17, 15) is 0 Å². The SMILES string of the molecule is C[C](=[Cr])N1CCOCC1. The first kappa shape index (κ1) is 7.43. The van der Waals surface area contributed by atoms with Crippen LogP contribution in [0.5, 0.6) is 0 Å². The van der Waals surface area contributed by atoms with Crippen LogP contribution in [0.25, 0.3) is 0 Å². The van der Waals surface area contributed by atoms with Crippen LogP contribution < -0.4 is 0 Å². The van der Waals surface area contributed by atoms with E-state index in [4.69, 9.17) is 4.74 Å². The van der Waals surface area contributed by atoms with Crippen LogP contribution in [0, 0.1) is 0 Å². The Morgan fingerprint density at radius 1 is 1.44 bits per heavy atom. The zero-order chi connectivity index (χ0) is 6.69. The Hall–Kier alpha value is 0.322. The Balaban J connectivity index is 2.31. The van der Waals surface area contributed by atoms with Gasteiger partial charge in [0.2, 0.25) is 0 Å². The number of rotatable bonds is 1. The zero-order valence-electron chi connectivity index (χ0n) is 5.59. The van der Waals surface area contributed by atoms with E-state index in [-0.39, 0.29) is 0 Å². The van der Waals surface area contributed by atoms with E-state index < -0.39 is 0 Å². The van der Waals surface area contributed by atoms with Crippen LogP contribution in [-0.2, 0) is 20.6 Å². The summed E-state index contributed by atoms with van der Waals surface area (Å²) in [5.74, 6) is 0. The predicted molar refractivity (Wildman–Crippen MR) is 33.1 cm³/mol. The molecule has 0 bridgehead atoms. The molecule has 1 rings (SSSR count). The first-order chi connectivity index (χ1) is 4.30. The fourth-order valence-electron chi connectivity index (χ4n) is 0.878. The summed E-state index contributed by atoms with van der Waals surface area (Å²) in [6.07, 6.45) is 0. The third-order valence-electron chi connectivity index (χ3n) is 1.46. The molecular weight excluding hydrogens is 154 g/mol. The van der Waals surface area contributed by atoms with Crippen molar-refractivity contribution in [3.8, 4) is 0 Å². The fourth-order valence-corrected chi connectivity index (χ4v) is 1.16. The van der Waals surface area contributed by atoms with Crippen LogP contribution in [0.15, 0.2) is 0 Å². The molecule has 0 saturated carbocycles. The average molecular weight is 165 g/mol. The molecule has 52 valence electrons. The maximum atomic E-state index is 5.18. The minimum absolute atomic E-state index is 0.874. The average Bonchev–Trinajstić information content (AvgIpc) is 1.90. The summed E-state index contributed by atoms with van der Waals surface area (Å²) in [4.78, 5) is 2.30. The van der Waals surface area contributed by atoms with Gasteiger partial charge in [0.05, 0.1) is 0 Å². The monoisotopic (exact) mass is 165 g/mol. The molecule has 0 radical (unpaired) electrons. The Morgan fingerprint density at radius 3 is 2.33 bits per heavy atom. The van der Waals surface area contributed by atoms with Gasteiger partial charge in [-0.15, -0.1) is 0 Å². The number of hydrogen-bond donors (Lipinski definition) is 0. The number of ether oxygens (including phenoxy) is 1. The summed E-state index contributed by atoms with van der Waals surface area (Å²) in [7, 11) is 0. The van der Waals surface area contributed by atoms with Crippen LogP contribution in [0.4, 0.5) is 0 Å². The molecule has 0 spiro atoms. The molecule has 0 N–H and O–H groups in total. The summed E-state index contributed by atoms with van der Waals surface area (Å²) in [6, 6.07) is 0. The van der Waals surface area contributed by atoms with Gasteiger partial charge in [0.1, 0.15) is 0 Å². The summed E-state index contributed by atoms with van der Waals surface area (Å²) in [6.45, 7) is 5.92. The van der Waals surface area contributed by atoms with Crippen molar-refractivity contribution in [1.29, 1.82) is 0 Å². The number of morpholine rings is 1. The Kier molecular flexibility index (Phi) is 2.87. The summed E-state index contributed by atoms with van der Waals surface area (Å²) in [5, 5.41) is 0. The molecule has 1 saturated heterocycles. The maximum absolute atomic E-state index is 5.18. The van der Waals surface area contributed by atoms with Gasteiger partial charge < -0.3 is 0 Å². The van der Waals surface area contributed by atoms with Gasteiger partial charge in [-0.25, -0.2) is 0 Å². The van der Waals surface area contributed by atoms with Gasteiger partial charge in [0.25, 0.3) is 0 Å². The Morgan fingerprint density at radius 2 is 2.00 bits per heavy atom. The van der Waals surface area contributed by atoms with E-state index in [0.29, 0.717) is 0 Å². The Bertz CT molecular complexity index is 110.